The minimum absolute atomic E-state index is 0.0995. The molecule has 1 fully saturated rings. The number of methoxy groups -OCH3 is 1. The lowest BCUT2D eigenvalue weighted by atomic mass is 10.1. The molecule has 9 heteroatoms. The van der Waals surface area contributed by atoms with E-state index in [-0.39, 0.29) is 12.1 Å². The number of rotatable bonds is 6. The van der Waals surface area contributed by atoms with Crippen LogP contribution >= 0.6 is 0 Å². The number of anilines is 2. The number of hydrogen-bond donors (Lipinski definition) is 2. The predicted molar refractivity (Wildman–Crippen MR) is 135 cm³/mol. The van der Waals surface area contributed by atoms with Crippen molar-refractivity contribution in [2.45, 2.75) is 23.8 Å². The number of nitrogens with one attached hydrogen (secondary N) is 2. The summed E-state index contributed by atoms with van der Waals surface area (Å²) in [5.41, 5.74) is 1.63. The van der Waals surface area contributed by atoms with Gasteiger partial charge < -0.3 is 20.3 Å². The van der Waals surface area contributed by atoms with E-state index in [9.17, 15) is 13.2 Å². The molecule has 1 aliphatic rings. The molecule has 8 nitrogen and oxygen atoms in total. The van der Waals surface area contributed by atoms with Gasteiger partial charge in [-0.15, -0.1) is 0 Å². The van der Waals surface area contributed by atoms with Gasteiger partial charge >= 0.3 is 6.03 Å². The number of carbonyl (C=O) groups excluding carboxylic acids is 1. The summed E-state index contributed by atoms with van der Waals surface area (Å²) >= 11 is 0. The Hall–Kier alpha value is -3.30. The lowest BCUT2D eigenvalue weighted by Crippen LogP contribution is -2.47. The van der Waals surface area contributed by atoms with E-state index in [1.165, 1.54) is 4.31 Å². The summed E-state index contributed by atoms with van der Waals surface area (Å²) in [4.78, 5) is 14.7. The Morgan fingerprint density at radius 3 is 2.26 bits per heavy atom. The summed E-state index contributed by atoms with van der Waals surface area (Å²) in [6.45, 7) is 0.694. The van der Waals surface area contributed by atoms with Crippen molar-refractivity contribution in [2.24, 2.45) is 0 Å². The van der Waals surface area contributed by atoms with E-state index in [0.717, 1.165) is 11.1 Å². The first kappa shape index (κ1) is 23.8. The molecule has 2 amide bonds. The third-order valence-electron chi connectivity index (χ3n) is 6.10. The molecule has 0 atom stereocenters. The summed E-state index contributed by atoms with van der Waals surface area (Å²) in [5, 5.41) is 7.37. The molecule has 1 saturated heterocycles. The van der Waals surface area contributed by atoms with Gasteiger partial charge in [0.2, 0.25) is 10.0 Å². The summed E-state index contributed by atoms with van der Waals surface area (Å²) in [7, 11) is 1.81. The minimum atomic E-state index is -3.66. The molecule has 0 bridgehead atoms. The summed E-state index contributed by atoms with van der Waals surface area (Å²) < 4.78 is 33.7. The molecule has 3 aromatic carbocycles. The number of hydrogen-bond acceptors (Lipinski definition) is 5. The van der Waals surface area contributed by atoms with Crippen LogP contribution in [0, 0.1) is 0 Å². The van der Waals surface area contributed by atoms with Crippen LogP contribution in [0.1, 0.15) is 12.8 Å². The van der Waals surface area contributed by atoms with Crippen LogP contribution in [0.15, 0.2) is 65.6 Å². The highest BCUT2D eigenvalue weighted by Crippen LogP contribution is 2.32. The van der Waals surface area contributed by atoms with Gasteiger partial charge in [0.1, 0.15) is 5.75 Å². The Bertz CT molecular complexity index is 1270. The van der Waals surface area contributed by atoms with Crippen LogP contribution in [-0.2, 0) is 10.0 Å². The first-order chi connectivity index (χ1) is 16.3. The van der Waals surface area contributed by atoms with E-state index in [2.05, 4.69) is 10.6 Å². The fourth-order valence-electron chi connectivity index (χ4n) is 4.29. The SMILES string of the molecule is COc1ccc(NC(=O)NC2CCN(S(=O)(=O)c3cccc4c(N(C)C)cccc34)CC2)cc1. The van der Waals surface area contributed by atoms with Gasteiger partial charge in [0.15, 0.2) is 0 Å². The molecule has 0 radical (unpaired) electrons. The highest BCUT2D eigenvalue weighted by Gasteiger charge is 2.31. The monoisotopic (exact) mass is 482 g/mol. The average molecular weight is 483 g/mol. The average Bonchev–Trinajstić information content (AvgIpc) is 2.84. The zero-order valence-electron chi connectivity index (χ0n) is 19.6. The molecular formula is C25H30N4O4S. The van der Waals surface area contributed by atoms with Crippen LogP contribution in [0.4, 0.5) is 16.2 Å². The second-order valence-electron chi connectivity index (χ2n) is 8.53. The van der Waals surface area contributed by atoms with Crippen molar-refractivity contribution in [2.75, 3.05) is 44.5 Å². The van der Waals surface area contributed by atoms with Gasteiger partial charge in [-0.1, -0.05) is 24.3 Å². The second kappa shape index (κ2) is 9.90. The second-order valence-corrected chi connectivity index (χ2v) is 10.4. The first-order valence-corrected chi connectivity index (χ1v) is 12.6. The molecule has 1 heterocycles. The Morgan fingerprint density at radius 2 is 1.62 bits per heavy atom. The zero-order valence-corrected chi connectivity index (χ0v) is 20.4. The molecule has 0 aliphatic carbocycles. The van der Waals surface area contributed by atoms with E-state index in [1.807, 2.05) is 43.3 Å². The minimum Gasteiger partial charge on any atom is -0.497 e. The van der Waals surface area contributed by atoms with Gasteiger partial charge in [-0.3, -0.25) is 0 Å². The number of amides is 2. The molecule has 1 aliphatic heterocycles. The zero-order chi connectivity index (χ0) is 24.3. The number of nitrogens with zero attached hydrogens (tertiary/aromatic N) is 2. The standard InChI is InChI=1S/C25H30N4O4S/c1-28(2)23-8-4-7-22-21(23)6-5-9-24(22)34(31,32)29-16-14-19(15-17-29)27-25(30)26-18-10-12-20(33-3)13-11-18/h4-13,19H,14-17H2,1-3H3,(H2,26,27,30). The van der Waals surface area contributed by atoms with Gasteiger partial charge in [-0.05, 0) is 49.2 Å². The van der Waals surface area contributed by atoms with Crippen LogP contribution in [0.25, 0.3) is 10.8 Å². The maximum absolute atomic E-state index is 13.5. The molecule has 34 heavy (non-hydrogen) atoms. The Labute approximate surface area is 200 Å². The van der Waals surface area contributed by atoms with E-state index in [4.69, 9.17) is 4.74 Å². The Balaban J connectivity index is 1.41. The summed E-state index contributed by atoms with van der Waals surface area (Å²) in [6, 6.07) is 17.8. The molecule has 0 saturated carbocycles. The molecule has 180 valence electrons. The van der Waals surface area contributed by atoms with E-state index in [0.29, 0.717) is 47.6 Å². The van der Waals surface area contributed by atoms with Crippen molar-refractivity contribution in [1.82, 2.24) is 9.62 Å². The van der Waals surface area contributed by atoms with E-state index < -0.39 is 10.0 Å². The third kappa shape index (κ3) is 4.95. The quantitative estimate of drug-likeness (QED) is 0.556. The molecule has 0 spiro atoms. The van der Waals surface area contributed by atoms with Gasteiger partial charge in [0.25, 0.3) is 0 Å². The largest absolute Gasteiger partial charge is 0.497 e. The lowest BCUT2D eigenvalue weighted by Gasteiger charge is -2.32. The lowest BCUT2D eigenvalue weighted by molar-refractivity contribution is 0.238. The summed E-state index contributed by atoms with van der Waals surface area (Å²) in [5.74, 6) is 0.712. The molecule has 3 aromatic rings. The highest BCUT2D eigenvalue weighted by molar-refractivity contribution is 7.89. The molecular weight excluding hydrogens is 452 g/mol. The number of ether oxygens (including phenoxy) is 1. The Morgan fingerprint density at radius 1 is 0.971 bits per heavy atom. The number of sulfonamides is 1. The fourth-order valence-corrected chi connectivity index (χ4v) is 5.96. The first-order valence-electron chi connectivity index (χ1n) is 11.2. The highest BCUT2D eigenvalue weighted by atomic mass is 32.2. The van der Waals surface area contributed by atoms with Crippen molar-refractivity contribution >= 4 is 38.2 Å². The number of benzene rings is 3. The van der Waals surface area contributed by atoms with E-state index in [1.54, 1.807) is 43.5 Å². The van der Waals surface area contributed by atoms with Gasteiger partial charge in [0.05, 0.1) is 12.0 Å². The topological polar surface area (TPSA) is 91.0 Å². The Kier molecular flexibility index (Phi) is 6.95. The number of carbonyl (C=O) groups is 1. The maximum atomic E-state index is 13.5. The number of fused-ring (bicyclic) bond motifs is 1. The van der Waals surface area contributed by atoms with Crippen molar-refractivity contribution in [3.63, 3.8) is 0 Å². The molecule has 4 rings (SSSR count). The van der Waals surface area contributed by atoms with Crippen molar-refractivity contribution < 1.29 is 17.9 Å². The van der Waals surface area contributed by atoms with Gasteiger partial charge in [-0.2, -0.15) is 4.31 Å². The van der Waals surface area contributed by atoms with Crippen molar-refractivity contribution in [3.05, 3.63) is 60.7 Å². The van der Waals surface area contributed by atoms with Crippen LogP contribution < -0.4 is 20.3 Å². The van der Waals surface area contributed by atoms with Crippen LogP contribution in [0.5, 0.6) is 5.75 Å². The van der Waals surface area contributed by atoms with Crippen LogP contribution in [0.2, 0.25) is 0 Å². The smallest absolute Gasteiger partial charge is 0.319 e. The van der Waals surface area contributed by atoms with Crippen molar-refractivity contribution in [3.8, 4) is 5.75 Å². The van der Waals surface area contributed by atoms with Gasteiger partial charge in [-0.25, -0.2) is 13.2 Å². The molecule has 2 N–H and O–H groups in total. The molecule has 0 unspecified atom stereocenters. The predicted octanol–water partition coefficient (Wildman–Crippen LogP) is 3.89. The van der Waals surface area contributed by atoms with E-state index >= 15 is 0 Å². The van der Waals surface area contributed by atoms with Gasteiger partial charge in [0, 0.05) is 55.4 Å². The van der Waals surface area contributed by atoms with Crippen LogP contribution in [0.3, 0.4) is 0 Å². The maximum Gasteiger partial charge on any atom is 0.319 e. The third-order valence-corrected chi connectivity index (χ3v) is 8.05. The van der Waals surface area contributed by atoms with Crippen molar-refractivity contribution in [1.29, 1.82) is 0 Å². The molecule has 0 aromatic heterocycles. The number of piperidine rings is 1. The normalized spacial score (nSPS) is 15.1. The number of urea groups is 1. The summed E-state index contributed by atoms with van der Waals surface area (Å²) in [6.07, 6.45) is 1.09. The fraction of sp³-hybridized carbons (Fsp3) is 0.320. The van der Waals surface area contributed by atoms with Crippen LogP contribution in [-0.4, -0.2) is 59.1 Å².